The Hall–Kier alpha value is -1.10. The maximum absolute atomic E-state index is 11.7. The summed E-state index contributed by atoms with van der Waals surface area (Å²) in [6.07, 6.45) is 2.19. The van der Waals surface area contributed by atoms with E-state index in [1.807, 2.05) is 12.1 Å². The highest BCUT2D eigenvalue weighted by atomic mass is 35.5. The Morgan fingerprint density at radius 3 is 3.00 bits per heavy atom. The van der Waals surface area contributed by atoms with Gasteiger partial charge < -0.3 is 15.4 Å². The molecule has 1 aromatic carbocycles. The summed E-state index contributed by atoms with van der Waals surface area (Å²) in [4.78, 5) is 11.7. The van der Waals surface area contributed by atoms with Crippen LogP contribution in [0.5, 0.6) is 0 Å². The van der Waals surface area contributed by atoms with Crippen molar-refractivity contribution in [3.8, 4) is 0 Å². The van der Waals surface area contributed by atoms with Crippen molar-refractivity contribution in [3.63, 3.8) is 0 Å². The number of anilines is 1. The van der Waals surface area contributed by atoms with Crippen LogP contribution in [0.1, 0.15) is 12.8 Å². The largest absolute Gasteiger partial charge is 0.381 e. The molecule has 0 spiro atoms. The predicted octanol–water partition coefficient (Wildman–Crippen LogP) is 2.29. The number of carbonyl (C=O) groups is 1. The lowest BCUT2D eigenvalue weighted by Gasteiger charge is -2.10. The maximum Gasteiger partial charge on any atom is 0.238 e. The van der Waals surface area contributed by atoms with Gasteiger partial charge >= 0.3 is 0 Å². The lowest BCUT2D eigenvalue weighted by atomic mass is 10.1. The Morgan fingerprint density at radius 1 is 1.42 bits per heavy atom. The van der Waals surface area contributed by atoms with Crippen molar-refractivity contribution >= 4 is 23.2 Å². The van der Waals surface area contributed by atoms with E-state index in [2.05, 4.69) is 10.6 Å². The van der Waals surface area contributed by atoms with Crippen LogP contribution in [0.3, 0.4) is 0 Å². The Bertz CT molecular complexity index is 420. The summed E-state index contributed by atoms with van der Waals surface area (Å²) in [6.45, 7) is 2.87. The van der Waals surface area contributed by atoms with Gasteiger partial charge in [0.25, 0.3) is 0 Å². The number of para-hydroxylation sites is 1. The normalized spacial score (nSPS) is 18.5. The van der Waals surface area contributed by atoms with Crippen LogP contribution >= 0.6 is 11.6 Å². The maximum atomic E-state index is 11.7. The van der Waals surface area contributed by atoms with Gasteiger partial charge in [0.15, 0.2) is 0 Å². The van der Waals surface area contributed by atoms with Crippen molar-refractivity contribution < 1.29 is 9.53 Å². The molecule has 0 aromatic heterocycles. The Balaban J connectivity index is 1.63. The fourth-order valence-corrected chi connectivity index (χ4v) is 2.26. The first-order valence-electron chi connectivity index (χ1n) is 6.58. The lowest BCUT2D eigenvalue weighted by molar-refractivity contribution is -0.115. The van der Waals surface area contributed by atoms with Crippen molar-refractivity contribution in [2.45, 2.75) is 12.8 Å². The second-order valence-corrected chi connectivity index (χ2v) is 5.13. The molecular formula is C14H19ClN2O2. The molecule has 19 heavy (non-hydrogen) atoms. The van der Waals surface area contributed by atoms with E-state index in [1.54, 1.807) is 12.1 Å². The first-order chi connectivity index (χ1) is 9.25. The third-order valence-electron chi connectivity index (χ3n) is 3.19. The zero-order valence-electron chi connectivity index (χ0n) is 10.8. The highest BCUT2D eigenvalue weighted by Crippen LogP contribution is 2.20. The van der Waals surface area contributed by atoms with Crippen LogP contribution in [0.25, 0.3) is 0 Å². The summed E-state index contributed by atoms with van der Waals surface area (Å²) >= 11 is 5.97. The molecule has 0 aliphatic carbocycles. The number of ether oxygens (including phenoxy) is 1. The molecule has 1 fully saturated rings. The van der Waals surface area contributed by atoms with Gasteiger partial charge in [0.2, 0.25) is 5.91 Å². The number of benzene rings is 1. The van der Waals surface area contributed by atoms with E-state index in [1.165, 1.54) is 0 Å². The van der Waals surface area contributed by atoms with Crippen LogP contribution in [0.2, 0.25) is 5.02 Å². The van der Waals surface area contributed by atoms with Crippen molar-refractivity contribution in [1.82, 2.24) is 5.32 Å². The van der Waals surface area contributed by atoms with Crippen molar-refractivity contribution in [2.24, 2.45) is 5.92 Å². The lowest BCUT2D eigenvalue weighted by Crippen LogP contribution is -2.29. The van der Waals surface area contributed by atoms with Gasteiger partial charge in [-0.2, -0.15) is 0 Å². The molecule has 1 unspecified atom stereocenters. The van der Waals surface area contributed by atoms with Crippen LogP contribution in [0, 0.1) is 5.92 Å². The molecule has 1 amide bonds. The highest BCUT2D eigenvalue weighted by Gasteiger charge is 2.14. The highest BCUT2D eigenvalue weighted by molar-refractivity contribution is 6.33. The molecule has 0 radical (unpaired) electrons. The smallest absolute Gasteiger partial charge is 0.238 e. The molecule has 1 aromatic rings. The molecule has 1 heterocycles. The Labute approximate surface area is 118 Å². The number of nitrogens with one attached hydrogen (secondary N) is 2. The van der Waals surface area contributed by atoms with Gasteiger partial charge in [-0.1, -0.05) is 23.7 Å². The van der Waals surface area contributed by atoms with E-state index in [0.29, 0.717) is 23.2 Å². The molecule has 4 nitrogen and oxygen atoms in total. The van der Waals surface area contributed by atoms with E-state index in [9.17, 15) is 4.79 Å². The molecule has 1 saturated heterocycles. The van der Waals surface area contributed by atoms with Crippen molar-refractivity contribution in [2.75, 3.05) is 31.6 Å². The third-order valence-corrected chi connectivity index (χ3v) is 3.52. The van der Waals surface area contributed by atoms with E-state index in [-0.39, 0.29) is 5.91 Å². The number of hydrogen-bond donors (Lipinski definition) is 2. The van der Waals surface area contributed by atoms with Gasteiger partial charge in [-0.3, -0.25) is 4.79 Å². The predicted molar refractivity (Wildman–Crippen MR) is 76.5 cm³/mol. The number of halogens is 1. The average Bonchev–Trinajstić information content (AvgIpc) is 2.91. The molecule has 1 aliphatic rings. The van der Waals surface area contributed by atoms with Gasteiger partial charge in [0, 0.05) is 13.2 Å². The SMILES string of the molecule is O=C(CNCCC1CCOC1)Nc1ccccc1Cl. The van der Waals surface area contributed by atoms with Gasteiger partial charge in [0.05, 0.1) is 17.3 Å². The standard InChI is InChI=1S/C14H19ClN2O2/c15-12-3-1-2-4-13(12)17-14(18)9-16-7-5-11-6-8-19-10-11/h1-4,11,16H,5-10H2,(H,17,18). The van der Waals surface area contributed by atoms with E-state index in [0.717, 1.165) is 32.6 Å². The fraction of sp³-hybridized carbons (Fsp3) is 0.500. The minimum atomic E-state index is -0.0734. The number of amides is 1. The van der Waals surface area contributed by atoms with Crippen molar-refractivity contribution in [3.05, 3.63) is 29.3 Å². The van der Waals surface area contributed by atoms with Gasteiger partial charge in [0.1, 0.15) is 0 Å². The van der Waals surface area contributed by atoms with E-state index in [4.69, 9.17) is 16.3 Å². The Kier molecular flexibility index (Phi) is 5.63. The number of rotatable bonds is 6. The van der Waals surface area contributed by atoms with Gasteiger partial charge in [-0.25, -0.2) is 0 Å². The molecule has 5 heteroatoms. The van der Waals surface area contributed by atoms with Crippen LogP contribution in [-0.2, 0) is 9.53 Å². The van der Waals surface area contributed by atoms with Crippen LogP contribution in [0.15, 0.2) is 24.3 Å². The molecule has 0 bridgehead atoms. The van der Waals surface area contributed by atoms with Gasteiger partial charge in [-0.05, 0) is 37.4 Å². The summed E-state index contributed by atoms with van der Waals surface area (Å²) in [5.74, 6) is 0.565. The molecule has 0 saturated carbocycles. The number of hydrogen-bond acceptors (Lipinski definition) is 3. The van der Waals surface area contributed by atoms with Gasteiger partial charge in [-0.15, -0.1) is 0 Å². The Morgan fingerprint density at radius 2 is 2.26 bits per heavy atom. The summed E-state index contributed by atoms with van der Waals surface area (Å²) in [5, 5.41) is 6.48. The monoisotopic (exact) mass is 282 g/mol. The average molecular weight is 283 g/mol. The van der Waals surface area contributed by atoms with Crippen molar-refractivity contribution in [1.29, 1.82) is 0 Å². The van der Waals surface area contributed by atoms with Crippen LogP contribution in [0.4, 0.5) is 5.69 Å². The second kappa shape index (κ2) is 7.48. The van der Waals surface area contributed by atoms with E-state index >= 15 is 0 Å². The van der Waals surface area contributed by atoms with E-state index < -0.39 is 0 Å². The quantitative estimate of drug-likeness (QED) is 0.787. The summed E-state index contributed by atoms with van der Waals surface area (Å²) in [7, 11) is 0. The molecular weight excluding hydrogens is 264 g/mol. The second-order valence-electron chi connectivity index (χ2n) is 4.72. The zero-order valence-corrected chi connectivity index (χ0v) is 11.6. The zero-order chi connectivity index (χ0) is 13.5. The summed E-state index contributed by atoms with van der Waals surface area (Å²) < 4.78 is 5.31. The minimum Gasteiger partial charge on any atom is -0.381 e. The summed E-state index contributed by atoms with van der Waals surface area (Å²) in [6, 6.07) is 7.22. The first kappa shape index (κ1) is 14.3. The van der Waals surface area contributed by atoms with Crippen LogP contribution < -0.4 is 10.6 Å². The number of carbonyl (C=O) groups excluding carboxylic acids is 1. The topological polar surface area (TPSA) is 50.4 Å². The third kappa shape index (κ3) is 4.82. The summed E-state index contributed by atoms with van der Waals surface area (Å²) in [5.41, 5.74) is 0.653. The first-order valence-corrected chi connectivity index (χ1v) is 6.96. The molecule has 2 N–H and O–H groups in total. The van der Waals surface area contributed by atoms with Crippen LogP contribution in [-0.4, -0.2) is 32.2 Å². The fourth-order valence-electron chi connectivity index (χ4n) is 2.08. The molecule has 104 valence electrons. The molecule has 2 rings (SSSR count). The molecule has 1 aliphatic heterocycles. The minimum absolute atomic E-state index is 0.0734. The molecule has 1 atom stereocenters.